The van der Waals surface area contributed by atoms with Gasteiger partial charge in [-0.3, -0.25) is 9.59 Å². The van der Waals surface area contributed by atoms with Crippen molar-refractivity contribution in [1.29, 1.82) is 0 Å². The SMILES string of the molecule is O=C1c2cc(N3CCCC3=O)cc(F)c2CN1CCCO. The van der Waals surface area contributed by atoms with Gasteiger partial charge in [0.05, 0.1) is 0 Å². The number of halogens is 1. The minimum absolute atomic E-state index is 0.00383. The molecule has 112 valence electrons. The Morgan fingerprint density at radius 2 is 2.10 bits per heavy atom. The van der Waals surface area contributed by atoms with Crippen molar-refractivity contribution < 1.29 is 19.1 Å². The van der Waals surface area contributed by atoms with Gasteiger partial charge in [0.1, 0.15) is 5.82 Å². The number of anilines is 1. The molecule has 0 radical (unpaired) electrons. The van der Waals surface area contributed by atoms with E-state index in [4.69, 9.17) is 5.11 Å². The summed E-state index contributed by atoms with van der Waals surface area (Å²) in [6.45, 7) is 1.20. The van der Waals surface area contributed by atoms with E-state index in [1.807, 2.05) is 0 Å². The predicted octanol–water partition coefficient (Wildman–Crippen LogP) is 1.29. The molecule has 0 unspecified atom stereocenters. The van der Waals surface area contributed by atoms with E-state index in [1.54, 1.807) is 6.07 Å². The molecule has 0 spiro atoms. The molecule has 21 heavy (non-hydrogen) atoms. The molecule has 1 fully saturated rings. The molecule has 1 saturated heterocycles. The van der Waals surface area contributed by atoms with E-state index >= 15 is 0 Å². The lowest BCUT2D eigenvalue weighted by Gasteiger charge is -2.16. The van der Waals surface area contributed by atoms with Crippen molar-refractivity contribution in [2.24, 2.45) is 0 Å². The summed E-state index contributed by atoms with van der Waals surface area (Å²) in [6.07, 6.45) is 1.70. The fraction of sp³-hybridized carbons (Fsp3) is 0.467. The summed E-state index contributed by atoms with van der Waals surface area (Å²) in [5, 5.41) is 8.85. The van der Waals surface area contributed by atoms with E-state index in [2.05, 4.69) is 0 Å². The summed E-state index contributed by atoms with van der Waals surface area (Å²) in [6, 6.07) is 2.95. The second-order valence-corrected chi connectivity index (χ2v) is 5.41. The summed E-state index contributed by atoms with van der Waals surface area (Å²) in [5.41, 5.74) is 1.18. The Balaban J connectivity index is 1.91. The summed E-state index contributed by atoms with van der Waals surface area (Å²) >= 11 is 0. The molecule has 1 N–H and O–H groups in total. The number of nitrogens with zero attached hydrogens (tertiary/aromatic N) is 2. The highest BCUT2D eigenvalue weighted by Gasteiger charge is 2.32. The van der Waals surface area contributed by atoms with Gasteiger partial charge in [-0.15, -0.1) is 0 Å². The molecule has 2 aliphatic heterocycles. The molecule has 0 bridgehead atoms. The lowest BCUT2D eigenvalue weighted by Crippen LogP contribution is -2.26. The summed E-state index contributed by atoms with van der Waals surface area (Å²) in [5.74, 6) is -0.704. The normalized spacial score (nSPS) is 17.8. The molecule has 5 nitrogen and oxygen atoms in total. The van der Waals surface area contributed by atoms with Gasteiger partial charge in [0.2, 0.25) is 5.91 Å². The van der Waals surface area contributed by atoms with Gasteiger partial charge in [-0.25, -0.2) is 4.39 Å². The number of carbonyl (C=O) groups excluding carboxylic acids is 2. The van der Waals surface area contributed by atoms with Crippen molar-refractivity contribution in [3.8, 4) is 0 Å². The molecule has 0 aliphatic carbocycles. The Labute approximate surface area is 122 Å². The number of aliphatic hydroxyl groups excluding tert-OH is 1. The molecule has 0 aromatic heterocycles. The maximum Gasteiger partial charge on any atom is 0.254 e. The standard InChI is InChI=1S/C15H17FN2O3/c16-13-8-10(18-5-1-3-14(18)20)7-11-12(13)9-17(15(11)21)4-2-6-19/h7-8,19H,1-6,9H2. The largest absolute Gasteiger partial charge is 0.396 e. The van der Waals surface area contributed by atoms with Crippen LogP contribution >= 0.6 is 0 Å². The van der Waals surface area contributed by atoms with Gasteiger partial charge < -0.3 is 14.9 Å². The van der Waals surface area contributed by atoms with Crippen LogP contribution in [0.4, 0.5) is 10.1 Å². The fourth-order valence-electron chi connectivity index (χ4n) is 2.93. The molecule has 1 aromatic carbocycles. The second-order valence-electron chi connectivity index (χ2n) is 5.41. The maximum atomic E-state index is 14.2. The molecule has 1 aromatic rings. The van der Waals surface area contributed by atoms with E-state index in [0.717, 1.165) is 6.42 Å². The first-order valence-electron chi connectivity index (χ1n) is 7.14. The molecule has 0 saturated carbocycles. The molecule has 6 heteroatoms. The third-order valence-electron chi connectivity index (χ3n) is 4.02. The minimum atomic E-state index is -0.443. The first-order valence-corrected chi connectivity index (χ1v) is 7.14. The molecule has 3 rings (SSSR count). The van der Waals surface area contributed by atoms with Crippen molar-refractivity contribution in [3.05, 3.63) is 29.1 Å². The number of aliphatic hydroxyl groups is 1. The van der Waals surface area contributed by atoms with Crippen molar-refractivity contribution >= 4 is 17.5 Å². The van der Waals surface area contributed by atoms with Gasteiger partial charge in [-0.05, 0) is 25.0 Å². The van der Waals surface area contributed by atoms with Gasteiger partial charge in [-0.2, -0.15) is 0 Å². The maximum absolute atomic E-state index is 14.2. The van der Waals surface area contributed by atoms with Gasteiger partial charge in [-0.1, -0.05) is 0 Å². The Morgan fingerprint density at radius 3 is 2.76 bits per heavy atom. The summed E-state index contributed by atoms with van der Waals surface area (Å²) in [4.78, 5) is 27.1. The summed E-state index contributed by atoms with van der Waals surface area (Å²) in [7, 11) is 0. The van der Waals surface area contributed by atoms with E-state index < -0.39 is 5.82 Å². The molecule has 2 aliphatic rings. The van der Waals surface area contributed by atoms with Crippen molar-refractivity contribution in [2.45, 2.75) is 25.8 Å². The Bertz CT molecular complexity index is 603. The van der Waals surface area contributed by atoms with Crippen LogP contribution in [-0.2, 0) is 11.3 Å². The lowest BCUT2D eigenvalue weighted by molar-refractivity contribution is -0.117. The number of fused-ring (bicyclic) bond motifs is 1. The Kier molecular flexibility index (Phi) is 3.63. The smallest absolute Gasteiger partial charge is 0.254 e. The minimum Gasteiger partial charge on any atom is -0.396 e. The lowest BCUT2D eigenvalue weighted by atomic mass is 10.1. The van der Waals surface area contributed by atoms with Crippen molar-refractivity contribution in [1.82, 2.24) is 4.90 Å². The summed E-state index contributed by atoms with van der Waals surface area (Å²) < 4.78 is 14.2. The molecular weight excluding hydrogens is 275 g/mol. The van der Waals surface area contributed by atoms with Crippen LogP contribution in [0.15, 0.2) is 12.1 Å². The molecule has 2 heterocycles. The van der Waals surface area contributed by atoms with E-state index in [9.17, 15) is 14.0 Å². The molecule has 0 atom stereocenters. The highest BCUT2D eigenvalue weighted by molar-refractivity contribution is 6.01. The number of hydrogen-bond acceptors (Lipinski definition) is 3. The van der Waals surface area contributed by atoms with E-state index in [1.165, 1.54) is 15.9 Å². The molecule has 2 amide bonds. The van der Waals surface area contributed by atoms with Crippen LogP contribution in [0.2, 0.25) is 0 Å². The fourth-order valence-corrected chi connectivity index (χ4v) is 2.93. The first-order chi connectivity index (χ1) is 10.1. The quantitative estimate of drug-likeness (QED) is 0.909. The van der Waals surface area contributed by atoms with Gasteiger partial charge in [0, 0.05) is 49.5 Å². The van der Waals surface area contributed by atoms with E-state index in [-0.39, 0.29) is 25.0 Å². The number of rotatable bonds is 4. The van der Waals surface area contributed by atoms with Crippen molar-refractivity contribution in [2.75, 3.05) is 24.6 Å². The average Bonchev–Trinajstić information content (AvgIpc) is 3.02. The van der Waals surface area contributed by atoms with Crippen LogP contribution in [0.3, 0.4) is 0 Å². The Hall–Kier alpha value is -1.95. The van der Waals surface area contributed by atoms with Crippen LogP contribution in [0.1, 0.15) is 35.2 Å². The van der Waals surface area contributed by atoms with Crippen LogP contribution < -0.4 is 4.90 Å². The molecular formula is C15H17FN2O3. The zero-order chi connectivity index (χ0) is 15.0. The third-order valence-corrected chi connectivity index (χ3v) is 4.02. The zero-order valence-corrected chi connectivity index (χ0v) is 11.6. The van der Waals surface area contributed by atoms with Gasteiger partial charge in [0.25, 0.3) is 5.91 Å². The average molecular weight is 292 g/mol. The van der Waals surface area contributed by atoms with Crippen LogP contribution in [0.25, 0.3) is 0 Å². The zero-order valence-electron chi connectivity index (χ0n) is 11.6. The number of amides is 2. The third kappa shape index (κ3) is 2.40. The van der Waals surface area contributed by atoms with Crippen LogP contribution in [0, 0.1) is 5.82 Å². The van der Waals surface area contributed by atoms with Crippen LogP contribution in [0.5, 0.6) is 0 Å². The van der Waals surface area contributed by atoms with Crippen LogP contribution in [-0.4, -0.2) is 41.5 Å². The highest BCUT2D eigenvalue weighted by Crippen LogP contribution is 2.31. The number of carbonyl (C=O) groups is 2. The van der Waals surface area contributed by atoms with E-state index in [0.29, 0.717) is 42.7 Å². The second kappa shape index (κ2) is 5.44. The first kappa shape index (κ1) is 14.0. The van der Waals surface area contributed by atoms with Gasteiger partial charge in [0.15, 0.2) is 0 Å². The monoisotopic (exact) mass is 292 g/mol. The predicted molar refractivity (Wildman–Crippen MR) is 74.4 cm³/mol. The van der Waals surface area contributed by atoms with Crippen molar-refractivity contribution in [3.63, 3.8) is 0 Å². The Morgan fingerprint density at radius 1 is 1.29 bits per heavy atom. The topological polar surface area (TPSA) is 60.9 Å². The highest BCUT2D eigenvalue weighted by atomic mass is 19.1. The number of hydrogen-bond donors (Lipinski definition) is 1. The number of benzene rings is 1. The van der Waals surface area contributed by atoms with Gasteiger partial charge >= 0.3 is 0 Å².